The summed E-state index contributed by atoms with van der Waals surface area (Å²) in [5.74, 6) is -0.109. The third-order valence-corrected chi connectivity index (χ3v) is 3.40. The van der Waals surface area contributed by atoms with Gasteiger partial charge >= 0.3 is 6.03 Å². The highest BCUT2D eigenvalue weighted by Gasteiger charge is 2.45. The van der Waals surface area contributed by atoms with Gasteiger partial charge in [-0.15, -0.1) is 0 Å². The topological polar surface area (TPSA) is 81.7 Å². The highest BCUT2D eigenvalue weighted by atomic mass is 16.7. The summed E-state index contributed by atoms with van der Waals surface area (Å²) < 4.78 is 15.5. The number of rotatable bonds is 5. The van der Waals surface area contributed by atoms with E-state index in [1.54, 1.807) is 32.5 Å². The minimum absolute atomic E-state index is 0.0404. The molecular formula is C13H19N3O4. The second-order valence-corrected chi connectivity index (χ2v) is 4.61. The number of carbonyl (C=O) groups is 1. The second kappa shape index (κ2) is 6.06. The number of carbonyl (C=O) groups excluding carboxylic acids is 1. The van der Waals surface area contributed by atoms with Crippen molar-refractivity contribution in [2.45, 2.75) is 24.7 Å². The number of urea groups is 1. The van der Waals surface area contributed by atoms with Crippen molar-refractivity contribution in [2.75, 3.05) is 26.6 Å². The number of hydrogen-bond acceptors (Lipinski definition) is 5. The zero-order valence-electron chi connectivity index (χ0n) is 11.8. The van der Waals surface area contributed by atoms with Gasteiger partial charge in [-0.2, -0.15) is 0 Å². The van der Waals surface area contributed by atoms with E-state index in [9.17, 15) is 4.79 Å². The van der Waals surface area contributed by atoms with Crippen molar-refractivity contribution in [3.63, 3.8) is 0 Å². The van der Waals surface area contributed by atoms with Gasteiger partial charge in [0.25, 0.3) is 0 Å². The largest absolute Gasteiger partial charge is 0.481 e. The summed E-state index contributed by atoms with van der Waals surface area (Å²) in [7, 11) is 4.72. The van der Waals surface area contributed by atoms with E-state index < -0.39 is 5.79 Å². The van der Waals surface area contributed by atoms with Crippen LogP contribution in [0.15, 0.2) is 18.3 Å². The molecule has 7 nitrogen and oxygen atoms in total. The lowest BCUT2D eigenvalue weighted by molar-refractivity contribution is -0.258. The molecule has 0 unspecified atom stereocenters. The maximum atomic E-state index is 11.8. The van der Waals surface area contributed by atoms with Gasteiger partial charge in [0, 0.05) is 51.1 Å². The van der Waals surface area contributed by atoms with Crippen LogP contribution >= 0.6 is 0 Å². The normalized spacial score (nSPS) is 17.1. The summed E-state index contributed by atoms with van der Waals surface area (Å²) in [4.78, 5) is 15.8. The summed E-state index contributed by atoms with van der Waals surface area (Å²) in [5, 5.41) is 5.58. The number of amides is 2. The van der Waals surface area contributed by atoms with Crippen LogP contribution in [0.1, 0.15) is 12.8 Å². The van der Waals surface area contributed by atoms with Gasteiger partial charge in [-0.3, -0.25) is 0 Å². The Balaban J connectivity index is 1.82. The van der Waals surface area contributed by atoms with Gasteiger partial charge in [-0.05, 0) is 6.07 Å². The van der Waals surface area contributed by atoms with Crippen LogP contribution in [0.4, 0.5) is 10.5 Å². The fourth-order valence-electron chi connectivity index (χ4n) is 2.16. The Hall–Kier alpha value is -1.86. The summed E-state index contributed by atoms with van der Waals surface area (Å²) in [6.45, 7) is 0. The van der Waals surface area contributed by atoms with Crippen molar-refractivity contribution in [1.29, 1.82) is 0 Å². The van der Waals surface area contributed by atoms with Crippen molar-refractivity contribution in [2.24, 2.45) is 0 Å². The van der Waals surface area contributed by atoms with Crippen molar-refractivity contribution < 1.29 is 19.0 Å². The van der Waals surface area contributed by atoms with Crippen LogP contribution in [-0.2, 0) is 9.47 Å². The third kappa shape index (κ3) is 3.17. The molecule has 0 aromatic carbocycles. The minimum Gasteiger partial charge on any atom is -0.481 e. The Morgan fingerprint density at radius 2 is 2.05 bits per heavy atom. The van der Waals surface area contributed by atoms with E-state index in [4.69, 9.17) is 14.2 Å². The number of nitrogens with zero attached hydrogens (tertiary/aromatic N) is 1. The van der Waals surface area contributed by atoms with Crippen molar-refractivity contribution in [3.05, 3.63) is 18.3 Å². The number of ether oxygens (including phenoxy) is 3. The van der Waals surface area contributed by atoms with Gasteiger partial charge in [0.2, 0.25) is 5.88 Å². The molecule has 2 N–H and O–H groups in total. The molecule has 0 aliphatic heterocycles. The molecule has 0 atom stereocenters. The molecule has 0 radical (unpaired) electrons. The summed E-state index contributed by atoms with van der Waals surface area (Å²) in [5.41, 5.74) is 0.624. The van der Waals surface area contributed by atoms with Crippen molar-refractivity contribution >= 4 is 11.7 Å². The lowest BCUT2D eigenvalue weighted by Crippen LogP contribution is -2.57. The van der Waals surface area contributed by atoms with Crippen LogP contribution in [0.25, 0.3) is 0 Å². The van der Waals surface area contributed by atoms with Gasteiger partial charge in [-0.1, -0.05) is 0 Å². The Bertz CT molecular complexity index is 468. The molecule has 1 heterocycles. The Kier molecular flexibility index (Phi) is 4.41. The molecule has 1 aromatic heterocycles. The van der Waals surface area contributed by atoms with Crippen molar-refractivity contribution in [3.8, 4) is 5.88 Å². The molecule has 0 spiro atoms. The average molecular weight is 281 g/mol. The van der Waals surface area contributed by atoms with Crippen LogP contribution in [-0.4, -0.2) is 44.2 Å². The number of aromatic nitrogens is 1. The number of methoxy groups -OCH3 is 3. The second-order valence-electron chi connectivity index (χ2n) is 4.61. The predicted molar refractivity (Wildman–Crippen MR) is 72.7 cm³/mol. The molecule has 0 bridgehead atoms. The van der Waals surface area contributed by atoms with E-state index in [1.807, 2.05) is 0 Å². The Labute approximate surface area is 117 Å². The monoisotopic (exact) mass is 281 g/mol. The fraction of sp³-hybridized carbons (Fsp3) is 0.538. The van der Waals surface area contributed by atoms with Crippen LogP contribution in [0.3, 0.4) is 0 Å². The molecule has 7 heteroatoms. The summed E-state index contributed by atoms with van der Waals surface area (Å²) >= 11 is 0. The zero-order chi connectivity index (χ0) is 14.6. The van der Waals surface area contributed by atoms with Crippen LogP contribution in [0.2, 0.25) is 0 Å². The first-order valence-corrected chi connectivity index (χ1v) is 6.28. The Morgan fingerprint density at radius 3 is 2.65 bits per heavy atom. The number of pyridine rings is 1. The van der Waals surface area contributed by atoms with E-state index in [2.05, 4.69) is 15.6 Å². The zero-order valence-corrected chi connectivity index (χ0v) is 11.8. The number of anilines is 1. The maximum Gasteiger partial charge on any atom is 0.319 e. The molecule has 0 saturated heterocycles. The van der Waals surface area contributed by atoms with Gasteiger partial charge in [0.1, 0.15) is 0 Å². The lowest BCUT2D eigenvalue weighted by atomic mass is 9.85. The molecule has 2 rings (SSSR count). The summed E-state index contributed by atoms with van der Waals surface area (Å²) in [6, 6.07) is 3.11. The first kappa shape index (κ1) is 14.5. The average Bonchev–Trinajstić information content (AvgIpc) is 2.42. The lowest BCUT2D eigenvalue weighted by Gasteiger charge is -2.45. The molecular weight excluding hydrogens is 262 g/mol. The predicted octanol–water partition coefficient (Wildman–Crippen LogP) is 1.36. The van der Waals surface area contributed by atoms with Crippen LogP contribution in [0.5, 0.6) is 5.88 Å². The molecule has 110 valence electrons. The standard InChI is InChI=1S/C13H19N3O4/c1-18-11-6-9(4-5-14-11)15-12(17)16-10-7-13(8-10,19-2)20-3/h4-6,10H,7-8H2,1-3H3,(H2,14,15,16,17). The van der Waals surface area contributed by atoms with Gasteiger partial charge < -0.3 is 24.8 Å². The Morgan fingerprint density at radius 1 is 1.35 bits per heavy atom. The number of hydrogen-bond donors (Lipinski definition) is 2. The molecule has 1 saturated carbocycles. The minimum atomic E-state index is -0.558. The molecule has 1 fully saturated rings. The van der Waals surface area contributed by atoms with Gasteiger partial charge in [0.05, 0.1) is 7.11 Å². The van der Waals surface area contributed by atoms with Crippen molar-refractivity contribution in [1.82, 2.24) is 10.3 Å². The van der Waals surface area contributed by atoms with E-state index in [-0.39, 0.29) is 12.1 Å². The first-order chi connectivity index (χ1) is 9.60. The van der Waals surface area contributed by atoms with E-state index in [0.717, 1.165) is 0 Å². The molecule has 20 heavy (non-hydrogen) atoms. The summed E-state index contributed by atoms with van der Waals surface area (Å²) in [6.07, 6.45) is 2.83. The van der Waals surface area contributed by atoms with E-state index >= 15 is 0 Å². The fourth-order valence-corrected chi connectivity index (χ4v) is 2.16. The first-order valence-electron chi connectivity index (χ1n) is 6.28. The quantitative estimate of drug-likeness (QED) is 0.796. The third-order valence-electron chi connectivity index (χ3n) is 3.40. The van der Waals surface area contributed by atoms with Gasteiger partial charge in [-0.25, -0.2) is 9.78 Å². The smallest absolute Gasteiger partial charge is 0.319 e. The highest BCUT2D eigenvalue weighted by molar-refractivity contribution is 5.89. The highest BCUT2D eigenvalue weighted by Crippen LogP contribution is 2.35. The van der Waals surface area contributed by atoms with Crippen LogP contribution in [0, 0.1) is 0 Å². The molecule has 1 aliphatic rings. The molecule has 1 aliphatic carbocycles. The SMILES string of the molecule is COc1cc(NC(=O)NC2CC(OC)(OC)C2)ccn1. The molecule has 1 aromatic rings. The van der Waals surface area contributed by atoms with Gasteiger partial charge in [0.15, 0.2) is 5.79 Å². The number of nitrogens with one attached hydrogen (secondary N) is 2. The van der Waals surface area contributed by atoms with Crippen LogP contribution < -0.4 is 15.4 Å². The maximum absolute atomic E-state index is 11.8. The van der Waals surface area contributed by atoms with E-state index in [0.29, 0.717) is 24.4 Å². The van der Waals surface area contributed by atoms with E-state index in [1.165, 1.54) is 7.11 Å². The molecule has 2 amide bonds.